The highest BCUT2D eigenvalue weighted by atomic mass is 35.5. The van der Waals surface area contributed by atoms with Crippen LogP contribution in [-0.4, -0.2) is 12.5 Å². The minimum Gasteiger partial charge on any atom is -0.345 e. The topological polar surface area (TPSA) is 55.1 Å². The number of halogens is 2. The Bertz CT molecular complexity index is 558. The molecule has 0 aliphatic rings. The molecule has 1 heterocycles. The lowest BCUT2D eigenvalue weighted by Gasteiger charge is -2.20. The van der Waals surface area contributed by atoms with Crippen LogP contribution in [0.15, 0.2) is 41.1 Å². The van der Waals surface area contributed by atoms with Gasteiger partial charge in [0.1, 0.15) is 0 Å². The number of nitrogens with one attached hydrogen (secondary N) is 1. The van der Waals surface area contributed by atoms with Crippen molar-refractivity contribution in [2.24, 2.45) is 11.7 Å². The summed E-state index contributed by atoms with van der Waals surface area (Å²) in [5, 5.41) is 7.76. The highest BCUT2D eigenvalue weighted by molar-refractivity contribution is 7.08. The Morgan fingerprint density at radius 1 is 1.29 bits per heavy atom. The number of rotatable bonds is 5. The number of carbonyl (C=O) groups excluding carboxylic acids is 1. The number of carbonyl (C=O) groups is 1. The highest BCUT2D eigenvalue weighted by Gasteiger charge is 2.20. The van der Waals surface area contributed by atoms with Crippen molar-refractivity contribution < 1.29 is 4.79 Å². The van der Waals surface area contributed by atoms with Crippen molar-refractivity contribution in [3.63, 3.8) is 0 Å². The number of amides is 1. The van der Waals surface area contributed by atoms with Crippen molar-refractivity contribution in [1.82, 2.24) is 5.32 Å². The van der Waals surface area contributed by atoms with E-state index in [-0.39, 0.29) is 30.3 Å². The van der Waals surface area contributed by atoms with Crippen LogP contribution >= 0.6 is 35.3 Å². The molecular weight excluding hydrogens is 327 g/mol. The lowest BCUT2D eigenvalue weighted by Crippen LogP contribution is -2.36. The number of hydrogen-bond acceptors (Lipinski definition) is 3. The van der Waals surface area contributed by atoms with Crippen LogP contribution in [0.4, 0.5) is 0 Å². The zero-order valence-corrected chi connectivity index (χ0v) is 14.0. The molecule has 3 nitrogen and oxygen atoms in total. The quantitative estimate of drug-likeness (QED) is 0.870. The van der Waals surface area contributed by atoms with Crippen molar-refractivity contribution in [1.29, 1.82) is 0 Å². The second kappa shape index (κ2) is 8.39. The van der Waals surface area contributed by atoms with E-state index in [0.717, 1.165) is 11.1 Å². The SMILES string of the molecule is CC(CN)C(=O)NC(c1ccc(Cl)cc1)c1ccsc1.Cl. The smallest absolute Gasteiger partial charge is 0.224 e. The summed E-state index contributed by atoms with van der Waals surface area (Å²) in [4.78, 5) is 12.1. The van der Waals surface area contributed by atoms with Gasteiger partial charge in [-0.1, -0.05) is 30.7 Å². The summed E-state index contributed by atoms with van der Waals surface area (Å²) >= 11 is 7.52. The summed E-state index contributed by atoms with van der Waals surface area (Å²) in [6, 6.07) is 9.36. The monoisotopic (exact) mass is 344 g/mol. The second-order valence-electron chi connectivity index (χ2n) is 4.69. The Labute approximate surface area is 139 Å². The van der Waals surface area contributed by atoms with Crippen LogP contribution in [0.25, 0.3) is 0 Å². The molecule has 2 unspecified atom stereocenters. The van der Waals surface area contributed by atoms with E-state index in [1.807, 2.05) is 48.0 Å². The van der Waals surface area contributed by atoms with Gasteiger partial charge in [0.25, 0.3) is 0 Å². The van der Waals surface area contributed by atoms with Crippen LogP contribution in [0.3, 0.4) is 0 Å². The van der Waals surface area contributed by atoms with Gasteiger partial charge in [0.2, 0.25) is 5.91 Å². The second-order valence-corrected chi connectivity index (χ2v) is 5.90. The van der Waals surface area contributed by atoms with E-state index in [1.54, 1.807) is 11.3 Å². The van der Waals surface area contributed by atoms with Crippen molar-refractivity contribution in [3.8, 4) is 0 Å². The first-order valence-corrected chi connectivity index (χ1v) is 7.72. The molecule has 0 saturated carbocycles. The van der Waals surface area contributed by atoms with E-state index >= 15 is 0 Å². The maximum Gasteiger partial charge on any atom is 0.224 e. The molecule has 2 rings (SSSR count). The van der Waals surface area contributed by atoms with Crippen LogP contribution in [0.2, 0.25) is 5.02 Å². The van der Waals surface area contributed by atoms with Crippen LogP contribution in [0.1, 0.15) is 24.1 Å². The summed E-state index contributed by atoms with van der Waals surface area (Å²) in [7, 11) is 0. The predicted molar refractivity (Wildman–Crippen MR) is 91.2 cm³/mol. The molecule has 1 aromatic carbocycles. The van der Waals surface area contributed by atoms with Gasteiger partial charge >= 0.3 is 0 Å². The average Bonchev–Trinajstić information content (AvgIpc) is 2.98. The molecule has 3 N–H and O–H groups in total. The third-order valence-electron chi connectivity index (χ3n) is 3.17. The fraction of sp³-hybridized carbons (Fsp3) is 0.267. The molecule has 0 spiro atoms. The average molecular weight is 345 g/mol. The third-order valence-corrected chi connectivity index (χ3v) is 4.12. The first-order valence-electron chi connectivity index (χ1n) is 6.40. The zero-order valence-electron chi connectivity index (χ0n) is 11.6. The van der Waals surface area contributed by atoms with E-state index in [1.165, 1.54) is 0 Å². The molecule has 6 heteroatoms. The summed E-state index contributed by atoms with van der Waals surface area (Å²) in [5.41, 5.74) is 7.62. The van der Waals surface area contributed by atoms with E-state index in [4.69, 9.17) is 17.3 Å². The summed E-state index contributed by atoms with van der Waals surface area (Å²) in [5.74, 6) is -0.248. The van der Waals surface area contributed by atoms with E-state index in [2.05, 4.69) is 5.32 Å². The van der Waals surface area contributed by atoms with Crippen molar-refractivity contribution in [2.75, 3.05) is 6.54 Å². The maximum absolute atomic E-state index is 12.1. The molecule has 2 aromatic rings. The van der Waals surface area contributed by atoms with Gasteiger partial charge in [0, 0.05) is 17.5 Å². The molecule has 0 saturated heterocycles. The molecule has 1 amide bonds. The minimum absolute atomic E-state index is 0. The van der Waals surface area contributed by atoms with Gasteiger partial charge in [-0.15, -0.1) is 12.4 Å². The predicted octanol–water partition coefficient (Wildman–Crippen LogP) is 3.62. The van der Waals surface area contributed by atoms with E-state index < -0.39 is 0 Å². The summed E-state index contributed by atoms with van der Waals surface area (Å²) in [6.45, 7) is 2.16. The van der Waals surface area contributed by atoms with Gasteiger partial charge in [0.05, 0.1) is 6.04 Å². The van der Waals surface area contributed by atoms with Gasteiger partial charge in [0.15, 0.2) is 0 Å². The van der Waals surface area contributed by atoms with E-state index in [9.17, 15) is 4.79 Å². The van der Waals surface area contributed by atoms with Crippen molar-refractivity contribution in [3.05, 3.63) is 57.2 Å². The van der Waals surface area contributed by atoms with Crippen LogP contribution in [0.5, 0.6) is 0 Å². The third kappa shape index (κ3) is 4.71. The van der Waals surface area contributed by atoms with Gasteiger partial charge in [-0.3, -0.25) is 4.79 Å². The zero-order chi connectivity index (χ0) is 14.5. The van der Waals surface area contributed by atoms with Gasteiger partial charge < -0.3 is 11.1 Å². The first kappa shape index (κ1) is 18.0. The Morgan fingerprint density at radius 3 is 2.48 bits per heavy atom. The van der Waals surface area contributed by atoms with Crippen LogP contribution < -0.4 is 11.1 Å². The largest absolute Gasteiger partial charge is 0.345 e. The van der Waals surface area contributed by atoms with Crippen molar-refractivity contribution >= 4 is 41.3 Å². The fourth-order valence-corrected chi connectivity index (χ4v) is 2.66. The lowest BCUT2D eigenvalue weighted by molar-refractivity contribution is -0.124. The highest BCUT2D eigenvalue weighted by Crippen LogP contribution is 2.25. The van der Waals surface area contributed by atoms with Gasteiger partial charge in [-0.2, -0.15) is 11.3 Å². The number of benzene rings is 1. The molecule has 1 aromatic heterocycles. The van der Waals surface area contributed by atoms with Crippen LogP contribution in [-0.2, 0) is 4.79 Å². The van der Waals surface area contributed by atoms with E-state index in [0.29, 0.717) is 11.6 Å². The Balaban J connectivity index is 0.00000220. The molecule has 0 aliphatic heterocycles. The van der Waals surface area contributed by atoms with Crippen LogP contribution in [0, 0.1) is 5.92 Å². The fourth-order valence-electron chi connectivity index (χ4n) is 1.85. The maximum atomic E-state index is 12.1. The van der Waals surface area contributed by atoms with Gasteiger partial charge in [-0.05, 0) is 40.1 Å². The minimum atomic E-state index is -0.205. The number of thiophene rings is 1. The first-order chi connectivity index (χ1) is 9.61. The molecule has 114 valence electrons. The van der Waals surface area contributed by atoms with Crippen molar-refractivity contribution in [2.45, 2.75) is 13.0 Å². The Hall–Kier alpha value is -1.07. The summed E-state index contributed by atoms with van der Waals surface area (Å²) in [6.07, 6.45) is 0. The molecular formula is C15H18Cl2N2OS. The van der Waals surface area contributed by atoms with Gasteiger partial charge in [-0.25, -0.2) is 0 Å². The normalized spacial score (nSPS) is 13.1. The molecule has 0 bridgehead atoms. The summed E-state index contributed by atoms with van der Waals surface area (Å²) < 4.78 is 0. The molecule has 0 aliphatic carbocycles. The number of nitrogens with two attached hydrogens (primary N) is 1. The Morgan fingerprint density at radius 2 is 1.95 bits per heavy atom. The lowest BCUT2D eigenvalue weighted by atomic mass is 10.00. The molecule has 21 heavy (non-hydrogen) atoms. The molecule has 0 fully saturated rings. The molecule has 0 radical (unpaired) electrons. The Kier molecular flexibility index (Phi) is 7.18. The standard InChI is InChI=1S/C15H17ClN2OS.ClH/c1-10(8-17)15(19)18-14(12-6-7-20-9-12)11-2-4-13(16)5-3-11;/h2-7,9-10,14H,8,17H2,1H3,(H,18,19);1H. The molecule has 2 atom stereocenters. The number of hydrogen-bond donors (Lipinski definition) is 2.